The van der Waals surface area contributed by atoms with Crippen LogP contribution in [0.25, 0.3) is 0 Å². The minimum Gasteiger partial charge on any atom is -0.435 e. The van der Waals surface area contributed by atoms with E-state index in [0.717, 1.165) is 12.8 Å². The second kappa shape index (κ2) is 7.93. The largest absolute Gasteiger partial charge is 0.435 e. The molecule has 2 rings (SSSR count). The van der Waals surface area contributed by atoms with Gasteiger partial charge in [0, 0.05) is 5.56 Å². The second-order valence-corrected chi connectivity index (χ2v) is 5.17. The molecule has 0 heterocycles. The maximum Gasteiger partial charge on any atom is 0.387 e. The number of nitrogens with two attached hydrogens (primary N) is 1. The number of aliphatic imine (C=N–C) groups is 1. The first-order chi connectivity index (χ1) is 10.2. The fourth-order valence-corrected chi connectivity index (χ4v) is 2.58. The molecule has 0 aliphatic heterocycles. The molecule has 0 aromatic heterocycles. The van der Waals surface area contributed by atoms with Crippen LogP contribution in [0.1, 0.15) is 44.1 Å². The lowest BCUT2D eigenvalue weighted by Crippen LogP contribution is -2.32. The van der Waals surface area contributed by atoms with Gasteiger partial charge in [0.15, 0.2) is 0 Å². The van der Waals surface area contributed by atoms with E-state index in [2.05, 4.69) is 15.2 Å². The smallest absolute Gasteiger partial charge is 0.387 e. The lowest BCUT2D eigenvalue weighted by molar-refractivity contribution is -0.0498. The maximum absolute atomic E-state index is 12.3. The summed E-state index contributed by atoms with van der Waals surface area (Å²) in [5.74, 6) is 6.16. The topological polar surface area (TPSA) is 59.6 Å². The Balaban J connectivity index is 2.15. The van der Waals surface area contributed by atoms with E-state index in [0.29, 0.717) is 11.4 Å². The molecule has 0 amide bonds. The Morgan fingerprint density at radius 1 is 1.24 bits per heavy atom. The van der Waals surface area contributed by atoms with E-state index in [-0.39, 0.29) is 11.8 Å². The molecule has 4 nitrogen and oxygen atoms in total. The molecule has 1 fully saturated rings. The molecule has 21 heavy (non-hydrogen) atoms. The third-order valence-corrected chi connectivity index (χ3v) is 3.61. The van der Waals surface area contributed by atoms with Crippen LogP contribution in [0.5, 0.6) is 5.75 Å². The summed E-state index contributed by atoms with van der Waals surface area (Å²) in [6.07, 6.45) is 6.90. The summed E-state index contributed by atoms with van der Waals surface area (Å²) >= 11 is 0. The van der Waals surface area contributed by atoms with Crippen molar-refractivity contribution in [3.05, 3.63) is 29.8 Å². The maximum atomic E-state index is 12.3. The van der Waals surface area contributed by atoms with Crippen molar-refractivity contribution >= 4 is 5.84 Å². The molecular weight excluding hydrogens is 276 g/mol. The zero-order valence-electron chi connectivity index (χ0n) is 11.9. The van der Waals surface area contributed by atoms with Gasteiger partial charge in [0.2, 0.25) is 0 Å². The van der Waals surface area contributed by atoms with E-state index in [1.54, 1.807) is 12.1 Å². The minimum atomic E-state index is -2.84. The number of rotatable bonds is 4. The van der Waals surface area contributed by atoms with Crippen LogP contribution in [-0.2, 0) is 0 Å². The Kier molecular flexibility index (Phi) is 5.92. The van der Waals surface area contributed by atoms with Crippen molar-refractivity contribution in [2.24, 2.45) is 10.8 Å². The molecule has 0 saturated heterocycles. The number of nitrogens with one attached hydrogen (secondary N) is 1. The normalized spacial score (nSPS) is 17.6. The number of alkyl halides is 2. The highest BCUT2D eigenvalue weighted by molar-refractivity contribution is 5.98. The lowest BCUT2D eigenvalue weighted by Gasteiger charge is -2.13. The van der Waals surface area contributed by atoms with Gasteiger partial charge in [0.25, 0.3) is 0 Å². The zero-order chi connectivity index (χ0) is 15.1. The fraction of sp³-hybridized carbons (Fsp3) is 0.533. The van der Waals surface area contributed by atoms with E-state index in [1.807, 2.05) is 0 Å². The van der Waals surface area contributed by atoms with Crippen molar-refractivity contribution in [3.8, 4) is 5.75 Å². The van der Waals surface area contributed by atoms with Crippen LogP contribution in [0.2, 0.25) is 0 Å². The number of halogens is 2. The number of ether oxygens (including phenoxy) is 1. The predicted molar refractivity (Wildman–Crippen MR) is 78.4 cm³/mol. The minimum absolute atomic E-state index is 0.103. The van der Waals surface area contributed by atoms with E-state index in [9.17, 15) is 8.78 Å². The van der Waals surface area contributed by atoms with Crippen molar-refractivity contribution in [1.29, 1.82) is 0 Å². The molecular formula is C15H21F2N3O. The van der Waals surface area contributed by atoms with E-state index >= 15 is 0 Å². The van der Waals surface area contributed by atoms with Crippen molar-refractivity contribution in [3.63, 3.8) is 0 Å². The Morgan fingerprint density at radius 2 is 1.95 bits per heavy atom. The number of hydrazine groups is 1. The summed E-state index contributed by atoms with van der Waals surface area (Å²) in [7, 11) is 0. The highest BCUT2D eigenvalue weighted by Crippen LogP contribution is 2.21. The number of hydrogen-bond acceptors (Lipinski definition) is 3. The van der Waals surface area contributed by atoms with Gasteiger partial charge in [-0.2, -0.15) is 8.78 Å². The number of nitrogens with zero attached hydrogens (tertiary/aromatic N) is 1. The Morgan fingerprint density at radius 3 is 2.57 bits per heavy atom. The summed E-state index contributed by atoms with van der Waals surface area (Å²) < 4.78 is 28.9. The Labute approximate surface area is 123 Å². The van der Waals surface area contributed by atoms with Gasteiger partial charge in [-0.05, 0) is 25.0 Å². The standard InChI is InChI=1S/C15H21F2N3O/c16-15(17)21-13-9-5-6-11(10-13)14(20-18)19-12-7-3-1-2-4-8-12/h5-6,9-10,12,15H,1-4,7-8,18H2,(H,19,20). The first-order valence-electron chi connectivity index (χ1n) is 7.28. The van der Waals surface area contributed by atoms with Crippen LogP contribution in [0.15, 0.2) is 29.3 Å². The average molecular weight is 297 g/mol. The van der Waals surface area contributed by atoms with Crippen LogP contribution in [0, 0.1) is 0 Å². The van der Waals surface area contributed by atoms with Gasteiger partial charge in [-0.1, -0.05) is 37.8 Å². The van der Waals surface area contributed by atoms with Gasteiger partial charge in [0.1, 0.15) is 11.6 Å². The molecule has 0 bridgehead atoms. The number of benzene rings is 1. The molecule has 0 atom stereocenters. The molecule has 0 unspecified atom stereocenters. The third-order valence-electron chi connectivity index (χ3n) is 3.61. The van der Waals surface area contributed by atoms with Crippen molar-refractivity contribution in [1.82, 2.24) is 5.43 Å². The van der Waals surface area contributed by atoms with Crippen molar-refractivity contribution in [2.45, 2.75) is 51.2 Å². The first kappa shape index (κ1) is 15.7. The Hall–Kier alpha value is -1.69. The van der Waals surface area contributed by atoms with Crippen LogP contribution < -0.4 is 16.0 Å². The summed E-state index contributed by atoms with van der Waals surface area (Å²) in [4.78, 5) is 4.64. The van der Waals surface area contributed by atoms with E-state index in [1.165, 1.54) is 37.8 Å². The highest BCUT2D eigenvalue weighted by atomic mass is 19.3. The zero-order valence-corrected chi connectivity index (χ0v) is 11.9. The van der Waals surface area contributed by atoms with Gasteiger partial charge in [-0.15, -0.1) is 0 Å². The first-order valence-corrected chi connectivity index (χ1v) is 7.28. The van der Waals surface area contributed by atoms with Gasteiger partial charge >= 0.3 is 6.61 Å². The molecule has 3 N–H and O–H groups in total. The van der Waals surface area contributed by atoms with Crippen molar-refractivity contribution in [2.75, 3.05) is 0 Å². The molecule has 6 heteroatoms. The van der Waals surface area contributed by atoms with E-state index in [4.69, 9.17) is 5.84 Å². The lowest BCUT2D eigenvalue weighted by atomic mass is 10.1. The average Bonchev–Trinajstić information content (AvgIpc) is 2.73. The highest BCUT2D eigenvalue weighted by Gasteiger charge is 2.13. The second-order valence-electron chi connectivity index (χ2n) is 5.17. The van der Waals surface area contributed by atoms with Crippen LogP contribution >= 0.6 is 0 Å². The predicted octanol–water partition coefficient (Wildman–Crippen LogP) is 3.22. The van der Waals surface area contributed by atoms with Crippen LogP contribution in [0.4, 0.5) is 8.78 Å². The van der Waals surface area contributed by atoms with Crippen LogP contribution in [-0.4, -0.2) is 18.5 Å². The Bertz CT molecular complexity index is 472. The molecule has 1 aromatic rings. The molecule has 1 saturated carbocycles. The number of hydrogen-bond donors (Lipinski definition) is 2. The monoisotopic (exact) mass is 297 g/mol. The van der Waals surface area contributed by atoms with Crippen molar-refractivity contribution < 1.29 is 13.5 Å². The molecule has 0 radical (unpaired) electrons. The third kappa shape index (κ3) is 4.97. The summed E-state index contributed by atoms with van der Waals surface area (Å²) in [6.45, 7) is -2.84. The molecule has 116 valence electrons. The summed E-state index contributed by atoms with van der Waals surface area (Å²) in [6, 6.07) is 6.65. The number of amidine groups is 1. The summed E-state index contributed by atoms with van der Waals surface area (Å²) in [5.41, 5.74) is 3.23. The molecule has 0 spiro atoms. The molecule has 1 aliphatic carbocycles. The van der Waals surface area contributed by atoms with Gasteiger partial charge in [0.05, 0.1) is 6.04 Å². The van der Waals surface area contributed by atoms with Gasteiger partial charge < -0.3 is 10.2 Å². The SMILES string of the molecule is NNC(=NC1CCCCCC1)c1cccc(OC(F)F)c1. The quantitative estimate of drug-likeness (QED) is 0.295. The molecule has 1 aliphatic rings. The van der Waals surface area contributed by atoms with E-state index < -0.39 is 6.61 Å². The fourth-order valence-electron chi connectivity index (χ4n) is 2.58. The molecule has 1 aromatic carbocycles. The van der Waals surface area contributed by atoms with Gasteiger partial charge in [-0.25, -0.2) is 5.84 Å². The van der Waals surface area contributed by atoms with Crippen LogP contribution in [0.3, 0.4) is 0 Å². The van der Waals surface area contributed by atoms with Gasteiger partial charge in [-0.3, -0.25) is 4.99 Å². The summed E-state index contributed by atoms with van der Waals surface area (Å²) in [5, 5.41) is 0.